The zero-order chi connectivity index (χ0) is 34.9. The average molecular weight is 730 g/mol. The molecule has 2 unspecified atom stereocenters. The van der Waals surface area contributed by atoms with Crippen LogP contribution in [0.15, 0.2) is 94.9 Å². The summed E-state index contributed by atoms with van der Waals surface area (Å²) in [5.74, 6) is 2.40. The zero-order valence-corrected chi connectivity index (χ0v) is 31.1. The van der Waals surface area contributed by atoms with Gasteiger partial charge >= 0.3 is 0 Å². The van der Waals surface area contributed by atoms with Crippen LogP contribution in [0.3, 0.4) is 0 Å². The van der Waals surface area contributed by atoms with Gasteiger partial charge in [-0.05, 0) is 111 Å². The normalized spacial score (nSPS) is 17.4. The molecule has 0 amide bonds. The number of halogens is 1. The highest BCUT2D eigenvalue weighted by Gasteiger charge is 2.22. The van der Waals surface area contributed by atoms with Crippen LogP contribution in [0, 0.1) is 5.92 Å². The summed E-state index contributed by atoms with van der Waals surface area (Å²) in [5, 5.41) is 0.712. The number of fused-ring (bicyclic) bond motifs is 2. The minimum atomic E-state index is -1.11. The third-order valence-electron chi connectivity index (χ3n) is 8.65. The molecule has 50 heavy (non-hydrogen) atoms. The van der Waals surface area contributed by atoms with E-state index in [-0.39, 0.29) is 6.10 Å². The molecular formula is C38H44ClN7O2S2. The maximum atomic E-state index is 12.8. The quantitative estimate of drug-likeness (QED) is 0.140. The SMILES string of the molecule is CC.CC1CCN(S(=O)c2ccc3nc(-c4ccccn4)[nH]c3c2)CC1.Clc1ccccc1NSc1ccc2nc(C3CCCCO3)[nH]c2c1. The molecule has 2 fully saturated rings. The van der Waals surface area contributed by atoms with Crippen LogP contribution in [0.1, 0.15) is 64.8 Å². The number of nitrogens with zero attached hydrogens (tertiary/aromatic N) is 4. The first-order valence-electron chi connectivity index (χ1n) is 17.4. The molecule has 3 aromatic carbocycles. The first-order chi connectivity index (χ1) is 24.5. The lowest BCUT2D eigenvalue weighted by molar-refractivity contribution is 0.0101. The number of pyridine rings is 1. The number of aromatic nitrogens is 5. The van der Waals surface area contributed by atoms with Gasteiger partial charge in [0.1, 0.15) is 28.6 Å². The molecule has 2 aliphatic heterocycles. The van der Waals surface area contributed by atoms with Gasteiger partial charge in [0.05, 0.1) is 37.7 Å². The molecule has 2 aliphatic rings. The van der Waals surface area contributed by atoms with Gasteiger partial charge in [-0.25, -0.2) is 18.5 Å². The summed E-state index contributed by atoms with van der Waals surface area (Å²) in [4.78, 5) is 22.2. The molecule has 0 spiro atoms. The van der Waals surface area contributed by atoms with E-state index >= 15 is 0 Å². The lowest BCUT2D eigenvalue weighted by atomic mass is 10.0. The van der Waals surface area contributed by atoms with E-state index < -0.39 is 11.0 Å². The van der Waals surface area contributed by atoms with Gasteiger partial charge in [0, 0.05) is 30.8 Å². The molecule has 0 saturated carbocycles. The topological polar surface area (TPSA) is 112 Å². The number of imidazole rings is 2. The fraction of sp³-hybridized carbons (Fsp3) is 0.342. The number of nitrogens with one attached hydrogen (secondary N) is 3. The summed E-state index contributed by atoms with van der Waals surface area (Å²) in [6, 6.07) is 25.4. The van der Waals surface area contributed by atoms with Crippen molar-refractivity contribution in [3.63, 3.8) is 0 Å². The summed E-state index contributed by atoms with van der Waals surface area (Å²) in [5.41, 5.74) is 5.48. The number of benzene rings is 3. The molecule has 5 heterocycles. The Morgan fingerprint density at radius 1 is 0.900 bits per heavy atom. The van der Waals surface area contributed by atoms with E-state index in [1.165, 1.54) is 18.4 Å². The number of ether oxygens (including phenoxy) is 1. The fourth-order valence-electron chi connectivity index (χ4n) is 5.86. The summed E-state index contributed by atoms with van der Waals surface area (Å²) in [7, 11) is -1.11. The van der Waals surface area contributed by atoms with Crippen molar-refractivity contribution in [2.45, 2.75) is 68.8 Å². The maximum Gasteiger partial charge on any atom is 0.157 e. The highest BCUT2D eigenvalue weighted by atomic mass is 35.5. The van der Waals surface area contributed by atoms with Crippen molar-refractivity contribution in [1.82, 2.24) is 29.2 Å². The van der Waals surface area contributed by atoms with Crippen LogP contribution in [0.5, 0.6) is 0 Å². The lowest BCUT2D eigenvalue weighted by Crippen LogP contribution is -2.34. The van der Waals surface area contributed by atoms with Crippen molar-refractivity contribution in [2.24, 2.45) is 5.92 Å². The zero-order valence-electron chi connectivity index (χ0n) is 28.7. The molecule has 262 valence electrons. The van der Waals surface area contributed by atoms with Gasteiger partial charge in [-0.15, -0.1) is 0 Å². The molecule has 0 aliphatic carbocycles. The van der Waals surface area contributed by atoms with Crippen LogP contribution in [0.25, 0.3) is 33.6 Å². The van der Waals surface area contributed by atoms with Gasteiger partial charge in [-0.3, -0.25) is 4.98 Å². The van der Waals surface area contributed by atoms with Crippen LogP contribution in [-0.2, 0) is 15.7 Å². The molecule has 3 N–H and O–H groups in total. The van der Waals surface area contributed by atoms with Gasteiger partial charge in [0.15, 0.2) is 5.82 Å². The van der Waals surface area contributed by atoms with Crippen LogP contribution in [0.2, 0.25) is 5.02 Å². The summed E-state index contributed by atoms with van der Waals surface area (Å²) >= 11 is 7.70. The molecule has 0 radical (unpaired) electrons. The number of H-pyrrole nitrogens is 2. The Bertz CT molecular complexity index is 2010. The molecule has 9 nitrogen and oxygen atoms in total. The van der Waals surface area contributed by atoms with E-state index in [1.807, 2.05) is 80.6 Å². The second-order valence-electron chi connectivity index (χ2n) is 12.2. The highest BCUT2D eigenvalue weighted by Crippen LogP contribution is 2.31. The van der Waals surface area contributed by atoms with E-state index in [0.717, 1.165) is 106 Å². The average Bonchev–Trinajstić information content (AvgIpc) is 3.81. The number of rotatable bonds is 7. The molecule has 2 saturated heterocycles. The van der Waals surface area contributed by atoms with E-state index in [0.29, 0.717) is 5.02 Å². The summed E-state index contributed by atoms with van der Waals surface area (Å²) < 4.78 is 24.0. The summed E-state index contributed by atoms with van der Waals surface area (Å²) in [6.45, 7) is 8.88. The number of anilines is 1. The smallest absolute Gasteiger partial charge is 0.157 e. The van der Waals surface area contributed by atoms with E-state index in [1.54, 1.807) is 6.20 Å². The molecule has 8 rings (SSSR count). The molecule has 3 aromatic heterocycles. The minimum absolute atomic E-state index is 0.100. The second-order valence-corrected chi connectivity index (χ2v) is 15.0. The number of hydrogen-bond acceptors (Lipinski definition) is 7. The number of hydrogen-bond donors (Lipinski definition) is 3. The van der Waals surface area contributed by atoms with Gasteiger partial charge in [0.25, 0.3) is 0 Å². The van der Waals surface area contributed by atoms with Crippen molar-refractivity contribution >= 4 is 62.3 Å². The van der Waals surface area contributed by atoms with E-state index in [4.69, 9.17) is 16.3 Å². The molecular weight excluding hydrogens is 686 g/mol. The van der Waals surface area contributed by atoms with Gasteiger partial charge in [-0.1, -0.05) is 50.6 Å². The summed E-state index contributed by atoms with van der Waals surface area (Å²) in [6.07, 6.45) is 7.46. The number of piperidine rings is 1. The highest BCUT2D eigenvalue weighted by molar-refractivity contribution is 8.00. The number of aromatic amines is 2. The predicted molar refractivity (Wildman–Crippen MR) is 207 cm³/mol. The third kappa shape index (κ3) is 8.94. The Kier molecular flexibility index (Phi) is 12.6. The van der Waals surface area contributed by atoms with Gasteiger partial charge < -0.3 is 19.4 Å². The number of para-hydroxylation sites is 1. The Balaban J connectivity index is 0.000000165. The van der Waals surface area contributed by atoms with Crippen molar-refractivity contribution < 1.29 is 8.95 Å². The van der Waals surface area contributed by atoms with Crippen molar-refractivity contribution in [3.8, 4) is 11.5 Å². The van der Waals surface area contributed by atoms with Gasteiger partial charge in [-0.2, -0.15) is 0 Å². The molecule has 0 bridgehead atoms. The standard InChI is InChI=1S/C18H18ClN3OS.C18H20N4OS.C2H6/c19-13-5-1-2-6-14(13)22-24-12-8-9-15-16(11-12)21-18(20-15)17-7-3-4-10-23-17;1-13-7-10-22(11-8-13)24(23)14-5-6-15-17(12-14)21-18(20-15)16-4-2-3-9-19-16;1-2/h1-2,5-6,8-9,11,17,22H,3-4,7,10H2,(H,20,21);2-6,9,12-13H,7-8,10-11H2,1H3,(H,20,21);1-2H3. The first-order valence-corrected chi connectivity index (χ1v) is 19.7. The van der Waals surface area contributed by atoms with Crippen molar-refractivity contribution in [2.75, 3.05) is 24.4 Å². The molecule has 12 heteroatoms. The Morgan fingerprint density at radius 2 is 1.66 bits per heavy atom. The van der Waals surface area contributed by atoms with E-state index in [9.17, 15) is 4.21 Å². The fourth-order valence-corrected chi connectivity index (χ4v) is 8.06. The van der Waals surface area contributed by atoms with Crippen LogP contribution >= 0.6 is 23.5 Å². The Morgan fingerprint density at radius 3 is 2.42 bits per heavy atom. The van der Waals surface area contributed by atoms with Crippen LogP contribution in [0.4, 0.5) is 5.69 Å². The molecule has 2 atom stereocenters. The predicted octanol–water partition coefficient (Wildman–Crippen LogP) is 9.98. The van der Waals surface area contributed by atoms with Gasteiger partial charge in [0.2, 0.25) is 0 Å². The second kappa shape index (κ2) is 17.5. The Labute approximate surface area is 305 Å². The third-order valence-corrected chi connectivity index (χ3v) is 11.3. The van der Waals surface area contributed by atoms with Crippen molar-refractivity contribution in [1.29, 1.82) is 0 Å². The Hall–Kier alpha value is -3.74. The van der Waals surface area contributed by atoms with Crippen molar-refractivity contribution in [3.05, 3.63) is 95.9 Å². The minimum Gasteiger partial charge on any atom is -0.370 e. The largest absolute Gasteiger partial charge is 0.370 e. The first kappa shape index (κ1) is 36.1. The maximum absolute atomic E-state index is 12.8. The van der Waals surface area contributed by atoms with E-state index in [2.05, 4.69) is 53.0 Å². The monoisotopic (exact) mass is 729 g/mol. The molecule has 6 aromatic rings. The lowest BCUT2D eigenvalue weighted by Gasteiger charge is -2.28. The van der Waals surface area contributed by atoms with Crippen LogP contribution in [-0.4, -0.2) is 53.1 Å². The van der Waals surface area contributed by atoms with Crippen LogP contribution < -0.4 is 4.72 Å².